The molecular formula is C9H21NO. The lowest BCUT2D eigenvalue weighted by molar-refractivity contribution is 0.0802. The molecule has 0 unspecified atom stereocenters. The quantitative estimate of drug-likeness (QED) is 0.549. The van der Waals surface area contributed by atoms with E-state index in [2.05, 4.69) is 25.8 Å². The third-order valence-electron chi connectivity index (χ3n) is 1.67. The van der Waals surface area contributed by atoms with Crippen LogP contribution in [0.4, 0.5) is 0 Å². The van der Waals surface area contributed by atoms with E-state index in [1.54, 1.807) is 7.11 Å². The molecule has 0 saturated heterocycles. The van der Waals surface area contributed by atoms with Crippen LogP contribution in [-0.2, 0) is 4.74 Å². The van der Waals surface area contributed by atoms with Crippen molar-refractivity contribution < 1.29 is 4.74 Å². The standard InChI is InChI=1S/C9H21NO/c1-9(2)6-5-7-10(3)8-11-4/h9H,5-8H2,1-4H3. The molecule has 68 valence electrons. The minimum absolute atomic E-state index is 0.748. The van der Waals surface area contributed by atoms with E-state index in [1.807, 2.05) is 0 Å². The van der Waals surface area contributed by atoms with Crippen molar-refractivity contribution in [3.8, 4) is 0 Å². The molecule has 0 aromatic carbocycles. The van der Waals surface area contributed by atoms with Crippen LogP contribution in [0.15, 0.2) is 0 Å². The molecule has 0 N–H and O–H groups in total. The highest BCUT2D eigenvalue weighted by Gasteiger charge is 1.97. The van der Waals surface area contributed by atoms with E-state index in [1.165, 1.54) is 12.8 Å². The predicted octanol–water partition coefficient (Wildman–Crippen LogP) is 1.96. The maximum atomic E-state index is 4.99. The third kappa shape index (κ3) is 7.82. The van der Waals surface area contributed by atoms with Gasteiger partial charge in [0, 0.05) is 7.11 Å². The monoisotopic (exact) mass is 159 g/mol. The van der Waals surface area contributed by atoms with Gasteiger partial charge in [-0.1, -0.05) is 13.8 Å². The van der Waals surface area contributed by atoms with Crippen LogP contribution in [0.2, 0.25) is 0 Å². The summed E-state index contributed by atoms with van der Waals surface area (Å²) in [5.74, 6) is 0.825. The number of methoxy groups -OCH3 is 1. The number of hydrogen-bond donors (Lipinski definition) is 0. The van der Waals surface area contributed by atoms with E-state index in [-0.39, 0.29) is 0 Å². The van der Waals surface area contributed by atoms with Gasteiger partial charge in [0.15, 0.2) is 0 Å². The summed E-state index contributed by atoms with van der Waals surface area (Å²) in [6, 6.07) is 0. The van der Waals surface area contributed by atoms with E-state index in [9.17, 15) is 0 Å². The van der Waals surface area contributed by atoms with Gasteiger partial charge in [0.05, 0.1) is 6.73 Å². The van der Waals surface area contributed by atoms with Crippen LogP contribution in [0, 0.1) is 5.92 Å². The Labute approximate surface area is 70.5 Å². The van der Waals surface area contributed by atoms with Crippen LogP contribution in [0.25, 0.3) is 0 Å². The Morgan fingerprint density at radius 3 is 2.45 bits per heavy atom. The Morgan fingerprint density at radius 1 is 1.36 bits per heavy atom. The van der Waals surface area contributed by atoms with E-state index in [4.69, 9.17) is 4.74 Å². The van der Waals surface area contributed by atoms with Crippen molar-refractivity contribution in [2.45, 2.75) is 26.7 Å². The van der Waals surface area contributed by atoms with Crippen molar-refractivity contribution in [3.05, 3.63) is 0 Å². The van der Waals surface area contributed by atoms with Crippen molar-refractivity contribution in [2.24, 2.45) is 5.92 Å². The smallest absolute Gasteiger partial charge is 0.0983 e. The lowest BCUT2D eigenvalue weighted by Gasteiger charge is -2.15. The Balaban J connectivity index is 3.10. The van der Waals surface area contributed by atoms with Crippen molar-refractivity contribution >= 4 is 0 Å². The van der Waals surface area contributed by atoms with E-state index in [0.29, 0.717) is 0 Å². The van der Waals surface area contributed by atoms with Gasteiger partial charge in [-0.05, 0) is 32.4 Å². The number of ether oxygens (including phenoxy) is 1. The van der Waals surface area contributed by atoms with Crippen LogP contribution >= 0.6 is 0 Å². The molecule has 2 heteroatoms. The lowest BCUT2D eigenvalue weighted by atomic mass is 10.1. The van der Waals surface area contributed by atoms with Gasteiger partial charge in [0.2, 0.25) is 0 Å². The van der Waals surface area contributed by atoms with Crippen molar-refractivity contribution in [1.29, 1.82) is 0 Å². The topological polar surface area (TPSA) is 12.5 Å². The highest BCUT2D eigenvalue weighted by atomic mass is 16.5. The molecule has 0 aliphatic rings. The number of rotatable bonds is 6. The minimum Gasteiger partial charge on any atom is -0.369 e. The van der Waals surface area contributed by atoms with Crippen LogP contribution in [0.5, 0.6) is 0 Å². The zero-order chi connectivity index (χ0) is 8.69. The van der Waals surface area contributed by atoms with Crippen LogP contribution in [-0.4, -0.2) is 32.3 Å². The molecule has 0 radical (unpaired) electrons. The number of nitrogens with zero attached hydrogens (tertiary/aromatic N) is 1. The maximum absolute atomic E-state index is 4.99. The molecule has 0 aromatic rings. The molecule has 0 spiro atoms. The van der Waals surface area contributed by atoms with Crippen molar-refractivity contribution in [3.63, 3.8) is 0 Å². The van der Waals surface area contributed by atoms with Gasteiger partial charge in [0.25, 0.3) is 0 Å². The fraction of sp³-hybridized carbons (Fsp3) is 1.00. The molecule has 0 aliphatic carbocycles. The molecule has 0 saturated carbocycles. The first-order chi connectivity index (χ1) is 5.16. The summed E-state index contributed by atoms with van der Waals surface area (Å²) in [6.07, 6.45) is 2.59. The average Bonchev–Trinajstić information content (AvgIpc) is 1.87. The summed E-state index contributed by atoms with van der Waals surface area (Å²) in [6.45, 7) is 6.41. The van der Waals surface area contributed by atoms with Gasteiger partial charge < -0.3 is 4.74 Å². The largest absolute Gasteiger partial charge is 0.369 e. The van der Waals surface area contributed by atoms with Gasteiger partial charge >= 0.3 is 0 Å². The van der Waals surface area contributed by atoms with Gasteiger partial charge in [-0.25, -0.2) is 0 Å². The van der Waals surface area contributed by atoms with Crippen LogP contribution in [0.1, 0.15) is 26.7 Å². The zero-order valence-electron chi connectivity index (χ0n) is 8.26. The molecule has 0 aromatic heterocycles. The van der Waals surface area contributed by atoms with Gasteiger partial charge in [-0.15, -0.1) is 0 Å². The summed E-state index contributed by atoms with van der Waals surface area (Å²) in [4.78, 5) is 2.20. The van der Waals surface area contributed by atoms with Gasteiger partial charge in [-0.3, -0.25) is 4.90 Å². The first-order valence-corrected chi connectivity index (χ1v) is 4.34. The molecular weight excluding hydrogens is 138 g/mol. The molecule has 0 fully saturated rings. The molecule has 0 rings (SSSR count). The number of hydrogen-bond acceptors (Lipinski definition) is 2. The molecule has 0 atom stereocenters. The third-order valence-corrected chi connectivity index (χ3v) is 1.67. The first kappa shape index (κ1) is 10.9. The normalized spacial score (nSPS) is 11.5. The Hall–Kier alpha value is -0.0800. The Bertz CT molecular complexity index is 83.6. The molecule has 0 heterocycles. The highest BCUT2D eigenvalue weighted by Crippen LogP contribution is 2.03. The van der Waals surface area contributed by atoms with Crippen molar-refractivity contribution in [2.75, 3.05) is 27.4 Å². The maximum Gasteiger partial charge on any atom is 0.0983 e. The zero-order valence-corrected chi connectivity index (χ0v) is 8.26. The van der Waals surface area contributed by atoms with E-state index >= 15 is 0 Å². The van der Waals surface area contributed by atoms with Crippen molar-refractivity contribution in [1.82, 2.24) is 4.90 Å². The molecule has 0 aliphatic heterocycles. The average molecular weight is 159 g/mol. The van der Waals surface area contributed by atoms with E-state index in [0.717, 1.165) is 19.2 Å². The summed E-state index contributed by atoms with van der Waals surface area (Å²) >= 11 is 0. The van der Waals surface area contributed by atoms with Crippen LogP contribution < -0.4 is 0 Å². The molecule has 0 bridgehead atoms. The second-order valence-electron chi connectivity index (χ2n) is 3.53. The summed E-state index contributed by atoms with van der Waals surface area (Å²) < 4.78 is 4.99. The SMILES string of the molecule is COCN(C)CCCC(C)C. The molecule has 0 amide bonds. The van der Waals surface area contributed by atoms with E-state index < -0.39 is 0 Å². The van der Waals surface area contributed by atoms with Crippen LogP contribution in [0.3, 0.4) is 0 Å². The lowest BCUT2D eigenvalue weighted by Crippen LogP contribution is -2.22. The fourth-order valence-electron chi connectivity index (χ4n) is 1.05. The second-order valence-corrected chi connectivity index (χ2v) is 3.53. The molecule has 2 nitrogen and oxygen atoms in total. The van der Waals surface area contributed by atoms with Gasteiger partial charge in [0.1, 0.15) is 0 Å². The fourth-order valence-corrected chi connectivity index (χ4v) is 1.05. The highest BCUT2D eigenvalue weighted by molar-refractivity contribution is 4.49. The Kier molecular flexibility index (Phi) is 6.57. The van der Waals surface area contributed by atoms with Gasteiger partial charge in [-0.2, -0.15) is 0 Å². The first-order valence-electron chi connectivity index (χ1n) is 4.34. The predicted molar refractivity (Wildman–Crippen MR) is 48.6 cm³/mol. The Morgan fingerprint density at radius 2 is 2.00 bits per heavy atom. The summed E-state index contributed by atoms with van der Waals surface area (Å²) in [5, 5.41) is 0. The minimum atomic E-state index is 0.748. The summed E-state index contributed by atoms with van der Waals surface area (Å²) in [7, 11) is 3.82. The molecule has 11 heavy (non-hydrogen) atoms. The summed E-state index contributed by atoms with van der Waals surface area (Å²) in [5.41, 5.74) is 0. The second kappa shape index (κ2) is 6.62.